The van der Waals surface area contributed by atoms with Gasteiger partial charge >= 0.3 is 6.09 Å². The number of imidazole rings is 3. The summed E-state index contributed by atoms with van der Waals surface area (Å²) >= 11 is 11.6. The first-order valence-electron chi connectivity index (χ1n) is 27.3. The van der Waals surface area contributed by atoms with Gasteiger partial charge in [0.05, 0.1) is 19.0 Å². The number of ether oxygens (including phenoxy) is 1. The van der Waals surface area contributed by atoms with Crippen LogP contribution in [-0.4, -0.2) is 171 Å². The normalized spacial score (nSPS) is 18.8. The average Bonchev–Trinajstić information content (AvgIpc) is 4.35. The number of aromatic amines is 1. The maximum atomic E-state index is 12.0. The van der Waals surface area contributed by atoms with Crippen molar-refractivity contribution < 1.29 is 33.8 Å². The molecule has 4 N–H and O–H groups in total. The molecule has 4 fully saturated rings. The van der Waals surface area contributed by atoms with Crippen molar-refractivity contribution in [3.8, 4) is 0 Å². The van der Waals surface area contributed by atoms with E-state index in [0.717, 1.165) is 77.5 Å². The van der Waals surface area contributed by atoms with Gasteiger partial charge in [0.1, 0.15) is 55.6 Å². The standard InChI is InChI=1S/C13H16ClN5O.C13H18N6O.C13H24N2O3.C8H15NO2.C5H3ClN4/c2*1-2-3-9-4-10(20)18(5-9)8-19-7-17-11-12(14)15-6-16-13(11)19;1-4-7-11-8-12(16)15(9-11)10-18-13(17)14(5-2)6-3;1-2-3-7-4-8(11)9(5-7)6-10;6-4-3-5(9-1-7-3)10-2-8-4/h6-7,9H,2-5,8H2,1H3;6-7,9H,2-5,8H2,1H3,(H2,14,15,16);11H,4-10H2,1-3H3;7,10H,2-6H2,1H3;1-2H,(H,7,8,9,10). The summed E-state index contributed by atoms with van der Waals surface area (Å²) in [5.74, 6) is 2.83. The second-order valence-corrected chi connectivity index (χ2v) is 20.7. The van der Waals surface area contributed by atoms with Crippen LogP contribution in [0.5, 0.6) is 0 Å². The molecule has 0 spiro atoms. The highest BCUT2D eigenvalue weighted by Gasteiger charge is 2.32. The highest BCUT2D eigenvalue weighted by atomic mass is 35.5. The topological polar surface area (TPSA) is 299 Å². The van der Waals surface area contributed by atoms with Gasteiger partial charge < -0.3 is 45.1 Å². The zero-order valence-electron chi connectivity index (χ0n) is 46.2. The Hall–Kier alpha value is -6.86. The minimum atomic E-state index is -0.341. The molecule has 25 nitrogen and oxygen atoms in total. The fourth-order valence-electron chi connectivity index (χ4n) is 10.1. The van der Waals surface area contributed by atoms with E-state index in [1.807, 2.05) is 32.8 Å². The lowest BCUT2D eigenvalue weighted by atomic mass is 10.0. The van der Waals surface area contributed by atoms with Gasteiger partial charge in [-0.3, -0.25) is 28.3 Å². The van der Waals surface area contributed by atoms with Crippen LogP contribution in [-0.2, 0) is 37.3 Å². The first kappa shape index (κ1) is 61.4. The van der Waals surface area contributed by atoms with E-state index in [-0.39, 0.29) is 43.2 Å². The molecule has 5 amide bonds. The molecule has 79 heavy (non-hydrogen) atoms. The monoisotopic (exact) mass is 1130 g/mol. The number of nitrogens with zero attached hydrogens (tertiary/aromatic N) is 16. The SMILES string of the molecule is CCCC1CC(=O)N(CO)C1.CCCC1CC(=O)N(COC(=O)N(CC)CC)C1.CCCC1CC(=O)N(Cn2cnc3c(Cl)ncnc32)C1.CCCC1CC(=O)N(Cn2cnc3c(N)ncnc32)C1.Clc1ncnc2nc[nH]c12. The van der Waals surface area contributed by atoms with Crippen molar-refractivity contribution in [2.75, 3.05) is 58.5 Å². The summed E-state index contributed by atoms with van der Waals surface area (Å²) in [6.07, 6.45) is 20.0. The predicted octanol–water partition coefficient (Wildman–Crippen LogP) is 6.76. The zero-order valence-corrected chi connectivity index (χ0v) is 47.7. The number of nitrogen functional groups attached to an aromatic ring is 1. The Morgan fingerprint density at radius 3 is 1.54 bits per heavy atom. The molecule has 0 aromatic carbocycles. The van der Waals surface area contributed by atoms with Crippen LogP contribution >= 0.6 is 23.2 Å². The number of anilines is 1. The summed E-state index contributed by atoms with van der Waals surface area (Å²) in [5.41, 5.74) is 9.54. The van der Waals surface area contributed by atoms with E-state index in [0.29, 0.717) is 125 Å². The van der Waals surface area contributed by atoms with Crippen LogP contribution in [0.25, 0.3) is 33.5 Å². The molecule has 4 saturated heterocycles. The number of hydrogen-bond acceptors (Lipinski definition) is 17. The van der Waals surface area contributed by atoms with Crippen molar-refractivity contribution >= 4 is 92.2 Å². The van der Waals surface area contributed by atoms with Crippen molar-refractivity contribution in [3.05, 3.63) is 48.3 Å². The van der Waals surface area contributed by atoms with Gasteiger partial charge in [-0.15, -0.1) is 0 Å². The molecule has 0 saturated carbocycles. The predicted molar refractivity (Wildman–Crippen MR) is 297 cm³/mol. The highest BCUT2D eigenvalue weighted by molar-refractivity contribution is 6.33. The molecule has 0 aliphatic carbocycles. The Bertz CT molecular complexity index is 2820. The summed E-state index contributed by atoms with van der Waals surface area (Å²) in [6, 6.07) is 0. The van der Waals surface area contributed by atoms with E-state index in [1.54, 1.807) is 22.5 Å². The van der Waals surface area contributed by atoms with Gasteiger partial charge in [0.25, 0.3) is 0 Å². The van der Waals surface area contributed by atoms with Crippen molar-refractivity contribution in [1.29, 1.82) is 0 Å². The molecule has 4 unspecified atom stereocenters. The fraction of sp³-hybridized carbons (Fsp3) is 0.615. The Morgan fingerprint density at radius 1 is 0.608 bits per heavy atom. The summed E-state index contributed by atoms with van der Waals surface area (Å²) in [7, 11) is 0. The number of halogens is 2. The van der Waals surface area contributed by atoms with Crippen LogP contribution in [0.1, 0.15) is 119 Å². The number of amides is 5. The number of nitrogens with two attached hydrogens (primary N) is 1. The molecule has 4 atom stereocenters. The van der Waals surface area contributed by atoms with Crippen molar-refractivity contribution in [1.82, 2.24) is 83.5 Å². The molecule has 10 heterocycles. The summed E-state index contributed by atoms with van der Waals surface area (Å²) in [6.45, 7) is 17.6. The number of rotatable bonds is 17. The second kappa shape index (κ2) is 30.5. The number of carbonyl (C=O) groups excluding carboxylic acids is 5. The van der Waals surface area contributed by atoms with Crippen LogP contribution in [0.2, 0.25) is 10.3 Å². The smallest absolute Gasteiger partial charge is 0.411 e. The van der Waals surface area contributed by atoms with Crippen molar-refractivity contribution in [3.63, 3.8) is 0 Å². The lowest BCUT2D eigenvalue weighted by Crippen LogP contribution is -2.36. The van der Waals surface area contributed by atoms with E-state index in [9.17, 15) is 24.0 Å². The van der Waals surface area contributed by atoms with Gasteiger partial charge in [0.2, 0.25) is 23.6 Å². The summed E-state index contributed by atoms with van der Waals surface area (Å²) in [4.78, 5) is 106. The van der Waals surface area contributed by atoms with Crippen LogP contribution < -0.4 is 5.73 Å². The number of fused-ring (bicyclic) bond motifs is 3. The van der Waals surface area contributed by atoms with E-state index in [2.05, 4.69) is 77.5 Å². The second-order valence-electron chi connectivity index (χ2n) is 20.0. The first-order chi connectivity index (χ1) is 38.1. The molecule has 4 aliphatic heterocycles. The molecule has 0 bridgehead atoms. The van der Waals surface area contributed by atoms with Gasteiger partial charge in [-0.2, -0.15) is 0 Å². The van der Waals surface area contributed by atoms with Crippen LogP contribution in [0.15, 0.2) is 38.0 Å². The Labute approximate surface area is 470 Å². The third-order valence-corrected chi connectivity index (χ3v) is 14.7. The largest absolute Gasteiger partial charge is 0.428 e. The van der Waals surface area contributed by atoms with E-state index in [4.69, 9.17) is 38.8 Å². The number of aliphatic hydroxyl groups excluding tert-OH is 1. The quantitative estimate of drug-likeness (QED) is 0.0794. The van der Waals surface area contributed by atoms with Crippen LogP contribution in [0.3, 0.4) is 0 Å². The van der Waals surface area contributed by atoms with Crippen LogP contribution in [0.4, 0.5) is 10.6 Å². The number of H-pyrrole nitrogens is 1. The van der Waals surface area contributed by atoms with Gasteiger partial charge in [-0.25, -0.2) is 49.7 Å². The van der Waals surface area contributed by atoms with Gasteiger partial charge in [-0.1, -0.05) is 76.6 Å². The minimum Gasteiger partial charge on any atom is -0.428 e. The molecular formula is C52H76Cl2N18O7. The Kier molecular flexibility index (Phi) is 23.7. The summed E-state index contributed by atoms with van der Waals surface area (Å²) < 4.78 is 8.85. The molecule has 6 aromatic rings. The Morgan fingerprint density at radius 2 is 1.05 bits per heavy atom. The number of likely N-dealkylation sites (tertiary alicyclic amines) is 4. The van der Waals surface area contributed by atoms with Crippen molar-refractivity contribution in [2.24, 2.45) is 23.7 Å². The van der Waals surface area contributed by atoms with Crippen molar-refractivity contribution in [2.45, 2.75) is 132 Å². The molecule has 4 aliphatic rings. The fourth-order valence-corrected chi connectivity index (χ4v) is 10.5. The Balaban J connectivity index is 0.000000163. The average molecular weight is 1140 g/mol. The molecule has 6 aromatic heterocycles. The number of nitrogens with one attached hydrogen (secondary N) is 1. The maximum absolute atomic E-state index is 12.0. The van der Waals surface area contributed by atoms with Gasteiger partial charge in [-0.05, 0) is 63.2 Å². The third-order valence-electron chi connectivity index (χ3n) is 14.1. The maximum Gasteiger partial charge on any atom is 0.411 e. The molecule has 430 valence electrons. The zero-order chi connectivity index (χ0) is 57.0. The summed E-state index contributed by atoms with van der Waals surface area (Å²) in [5, 5.41) is 9.47. The third kappa shape index (κ3) is 16.8. The van der Waals surface area contributed by atoms with E-state index >= 15 is 0 Å². The minimum absolute atomic E-state index is 0.0916. The number of hydrogen-bond donors (Lipinski definition) is 3. The molecule has 0 radical (unpaired) electrons. The van der Waals surface area contributed by atoms with Gasteiger partial charge in [0, 0.05) is 65.0 Å². The van der Waals surface area contributed by atoms with Gasteiger partial charge in [0.15, 0.2) is 39.8 Å². The molecular weight excluding hydrogens is 1060 g/mol. The number of aromatic nitrogens is 12. The molecule has 27 heteroatoms. The lowest BCUT2D eigenvalue weighted by molar-refractivity contribution is -0.131. The molecule has 10 rings (SSSR count). The number of carbonyl (C=O) groups is 5. The van der Waals surface area contributed by atoms with Crippen LogP contribution in [0, 0.1) is 23.7 Å². The van der Waals surface area contributed by atoms with E-state index < -0.39 is 0 Å². The van der Waals surface area contributed by atoms with E-state index in [1.165, 1.54) is 30.2 Å². The first-order valence-corrected chi connectivity index (χ1v) is 28.1. The number of aliphatic hydroxyl groups is 1. The highest BCUT2D eigenvalue weighted by Crippen LogP contribution is 2.27. The lowest BCUT2D eigenvalue weighted by Gasteiger charge is -2.21.